The summed E-state index contributed by atoms with van der Waals surface area (Å²) < 4.78 is 5.85. The van der Waals surface area contributed by atoms with Gasteiger partial charge in [-0.2, -0.15) is 5.26 Å². The van der Waals surface area contributed by atoms with Gasteiger partial charge in [-0.1, -0.05) is 19.1 Å². The van der Waals surface area contributed by atoms with Gasteiger partial charge in [0.25, 0.3) is 0 Å². The summed E-state index contributed by atoms with van der Waals surface area (Å²) in [6.45, 7) is 4.76. The highest BCUT2D eigenvalue weighted by Gasteiger charge is 2.43. The van der Waals surface area contributed by atoms with E-state index in [9.17, 15) is 0 Å². The van der Waals surface area contributed by atoms with Crippen LogP contribution in [0.25, 0.3) is 0 Å². The summed E-state index contributed by atoms with van der Waals surface area (Å²) in [5, 5.41) is 12.2. The first-order valence-corrected chi connectivity index (χ1v) is 7.07. The lowest BCUT2D eigenvalue weighted by Crippen LogP contribution is -2.14. The molecule has 3 nitrogen and oxygen atoms in total. The highest BCUT2D eigenvalue weighted by Crippen LogP contribution is 2.48. The fourth-order valence-electron chi connectivity index (χ4n) is 2.11. The van der Waals surface area contributed by atoms with Gasteiger partial charge in [-0.05, 0) is 43.5 Å². The number of ether oxygens (including phenoxy) is 1. The van der Waals surface area contributed by atoms with E-state index in [0.717, 1.165) is 38.1 Å². The van der Waals surface area contributed by atoms with Crippen molar-refractivity contribution in [2.24, 2.45) is 5.41 Å². The van der Waals surface area contributed by atoms with Crippen LogP contribution in [0.4, 0.5) is 0 Å². The van der Waals surface area contributed by atoms with E-state index in [0.29, 0.717) is 13.0 Å². The summed E-state index contributed by atoms with van der Waals surface area (Å²) in [4.78, 5) is 0. The van der Waals surface area contributed by atoms with Crippen molar-refractivity contribution in [2.45, 2.75) is 39.2 Å². The second-order valence-electron chi connectivity index (χ2n) is 5.45. The predicted molar refractivity (Wildman–Crippen MR) is 75.8 cm³/mol. The molecule has 0 saturated heterocycles. The van der Waals surface area contributed by atoms with Crippen LogP contribution >= 0.6 is 0 Å². The highest BCUT2D eigenvalue weighted by atomic mass is 16.5. The van der Waals surface area contributed by atoms with Gasteiger partial charge in [0.1, 0.15) is 5.75 Å². The maximum atomic E-state index is 8.79. The van der Waals surface area contributed by atoms with Crippen LogP contribution in [0, 0.1) is 16.7 Å². The van der Waals surface area contributed by atoms with Crippen LogP contribution in [0.15, 0.2) is 24.3 Å². The first-order chi connectivity index (χ1) is 9.28. The average Bonchev–Trinajstić information content (AvgIpc) is 3.18. The quantitative estimate of drug-likeness (QED) is 0.728. The molecule has 0 bridgehead atoms. The summed E-state index contributed by atoms with van der Waals surface area (Å²) in [7, 11) is 0. The maximum absolute atomic E-state index is 8.79. The van der Waals surface area contributed by atoms with Gasteiger partial charge in [0, 0.05) is 18.4 Å². The summed E-state index contributed by atoms with van der Waals surface area (Å²) in [6, 6.07) is 10.5. The molecule has 0 amide bonds. The molecule has 1 aromatic carbocycles. The van der Waals surface area contributed by atoms with Gasteiger partial charge in [-0.3, -0.25) is 0 Å². The SMILES string of the molecule is CCCNCc1cccc(OCC2(CC#N)CC2)c1. The van der Waals surface area contributed by atoms with E-state index < -0.39 is 0 Å². The first-order valence-electron chi connectivity index (χ1n) is 7.07. The number of hydrogen-bond acceptors (Lipinski definition) is 3. The maximum Gasteiger partial charge on any atom is 0.119 e. The number of hydrogen-bond donors (Lipinski definition) is 1. The monoisotopic (exact) mass is 258 g/mol. The molecule has 102 valence electrons. The number of nitrogens with zero attached hydrogens (tertiary/aromatic N) is 1. The molecular weight excluding hydrogens is 236 g/mol. The van der Waals surface area contributed by atoms with Gasteiger partial charge in [-0.15, -0.1) is 0 Å². The van der Waals surface area contributed by atoms with Crippen molar-refractivity contribution in [1.82, 2.24) is 5.32 Å². The van der Waals surface area contributed by atoms with Crippen LogP contribution in [-0.2, 0) is 6.54 Å². The Morgan fingerprint density at radius 1 is 1.42 bits per heavy atom. The molecule has 0 heterocycles. The third kappa shape index (κ3) is 4.25. The Hall–Kier alpha value is -1.53. The lowest BCUT2D eigenvalue weighted by molar-refractivity contribution is 0.236. The molecule has 0 unspecified atom stereocenters. The molecule has 1 saturated carbocycles. The Bertz CT molecular complexity index is 446. The van der Waals surface area contributed by atoms with Gasteiger partial charge in [0.05, 0.1) is 12.7 Å². The average molecular weight is 258 g/mol. The fraction of sp³-hybridized carbons (Fsp3) is 0.562. The van der Waals surface area contributed by atoms with Crippen LogP contribution in [-0.4, -0.2) is 13.2 Å². The summed E-state index contributed by atoms with van der Waals surface area (Å²) in [5.74, 6) is 0.917. The first kappa shape index (κ1) is 13.9. The zero-order valence-corrected chi connectivity index (χ0v) is 11.6. The highest BCUT2D eigenvalue weighted by molar-refractivity contribution is 5.28. The molecular formula is C16H22N2O. The topological polar surface area (TPSA) is 45.0 Å². The molecule has 1 aliphatic rings. The molecule has 19 heavy (non-hydrogen) atoms. The van der Waals surface area contributed by atoms with E-state index in [4.69, 9.17) is 10.00 Å². The Labute approximate surface area is 115 Å². The third-order valence-electron chi connectivity index (χ3n) is 3.61. The van der Waals surface area contributed by atoms with E-state index >= 15 is 0 Å². The second-order valence-corrected chi connectivity index (χ2v) is 5.45. The standard InChI is InChI=1S/C16H22N2O/c1-2-10-18-12-14-4-3-5-15(11-14)19-13-16(6-7-16)8-9-17/h3-5,11,18H,2,6-8,10,12-13H2,1H3. The summed E-state index contributed by atoms with van der Waals surface area (Å²) in [5.41, 5.74) is 1.39. The molecule has 1 fully saturated rings. The van der Waals surface area contributed by atoms with Crippen molar-refractivity contribution in [1.29, 1.82) is 5.26 Å². The van der Waals surface area contributed by atoms with E-state index in [1.54, 1.807) is 0 Å². The van der Waals surface area contributed by atoms with E-state index in [-0.39, 0.29) is 5.41 Å². The number of nitriles is 1. The molecule has 0 spiro atoms. The molecule has 0 radical (unpaired) electrons. The van der Waals surface area contributed by atoms with E-state index in [1.165, 1.54) is 5.56 Å². The van der Waals surface area contributed by atoms with Crippen LogP contribution in [0.1, 0.15) is 38.2 Å². The van der Waals surface area contributed by atoms with E-state index in [2.05, 4.69) is 30.4 Å². The number of benzene rings is 1. The van der Waals surface area contributed by atoms with Crippen LogP contribution in [0.3, 0.4) is 0 Å². The summed E-state index contributed by atoms with van der Waals surface area (Å²) >= 11 is 0. The van der Waals surface area contributed by atoms with Gasteiger partial charge in [0.15, 0.2) is 0 Å². The van der Waals surface area contributed by atoms with Crippen molar-refractivity contribution in [3.8, 4) is 11.8 Å². The Balaban J connectivity index is 1.83. The van der Waals surface area contributed by atoms with Gasteiger partial charge in [-0.25, -0.2) is 0 Å². The van der Waals surface area contributed by atoms with Crippen molar-refractivity contribution in [3.05, 3.63) is 29.8 Å². The van der Waals surface area contributed by atoms with Crippen molar-refractivity contribution in [2.75, 3.05) is 13.2 Å². The Morgan fingerprint density at radius 3 is 2.95 bits per heavy atom. The van der Waals surface area contributed by atoms with E-state index in [1.807, 2.05) is 12.1 Å². The summed E-state index contributed by atoms with van der Waals surface area (Å²) in [6.07, 6.45) is 4.01. The van der Waals surface area contributed by atoms with Crippen LogP contribution in [0.2, 0.25) is 0 Å². The Kier molecular flexibility index (Phi) is 4.81. The second kappa shape index (κ2) is 6.58. The molecule has 1 aliphatic carbocycles. The van der Waals surface area contributed by atoms with Gasteiger partial charge >= 0.3 is 0 Å². The largest absolute Gasteiger partial charge is 0.493 e. The van der Waals surface area contributed by atoms with Gasteiger partial charge < -0.3 is 10.1 Å². The fourth-order valence-corrected chi connectivity index (χ4v) is 2.11. The smallest absolute Gasteiger partial charge is 0.119 e. The number of rotatable bonds is 8. The van der Waals surface area contributed by atoms with Crippen molar-refractivity contribution in [3.63, 3.8) is 0 Å². The predicted octanol–water partition coefficient (Wildman–Crippen LogP) is 3.26. The minimum atomic E-state index is 0.144. The van der Waals surface area contributed by atoms with Gasteiger partial charge in [0.2, 0.25) is 0 Å². The molecule has 1 N–H and O–H groups in total. The minimum absolute atomic E-state index is 0.144. The number of nitrogens with one attached hydrogen (secondary N) is 1. The molecule has 0 aliphatic heterocycles. The van der Waals surface area contributed by atoms with Crippen molar-refractivity contribution >= 4 is 0 Å². The molecule has 2 rings (SSSR count). The zero-order chi connectivity index (χ0) is 13.6. The lowest BCUT2D eigenvalue weighted by Gasteiger charge is -2.13. The third-order valence-corrected chi connectivity index (χ3v) is 3.61. The molecule has 0 atom stereocenters. The zero-order valence-electron chi connectivity index (χ0n) is 11.6. The molecule has 0 aromatic heterocycles. The lowest BCUT2D eigenvalue weighted by atomic mass is 10.1. The normalized spacial score (nSPS) is 15.8. The van der Waals surface area contributed by atoms with Crippen molar-refractivity contribution < 1.29 is 4.74 Å². The van der Waals surface area contributed by atoms with Crippen LogP contribution in [0.5, 0.6) is 5.75 Å². The molecule has 3 heteroatoms. The van der Waals surface area contributed by atoms with Crippen LogP contribution < -0.4 is 10.1 Å². The Morgan fingerprint density at radius 2 is 2.26 bits per heavy atom. The minimum Gasteiger partial charge on any atom is -0.493 e. The molecule has 1 aromatic rings.